The molecule has 0 aliphatic carbocycles. The van der Waals surface area contributed by atoms with E-state index in [0.717, 1.165) is 4.91 Å². The predicted molar refractivity (Wildman–Crippen MR) is 127 cm³/mol. The Morgan fingerprint density at radius 1 is 1.35 bits per heavy atom. The lowest BCUT2D eigenvalue weighted by atomic mass is 9.88. The van der Waals surface area contributed by atoms with E-state index in [4.69, 9.17) is 21.7 Å². The lowest BCUT2D eigenvalue weighted by Gasteiger charge is -2.45. The Bertz CT molecular complexity index is 1190. The van der Waals surface area contributed by atoms with Gasteiger partial charge >= 0.3 is 5.97 Å². The van der Waals surface area contributed by atoms with Crippen LogP contribution in [-0.4, -0.2) is 41.9 Å². The molecular formula is C22H22N4O6S2. The van der Waals surface area contributed by atoms with Gasteiger partial charge in [-0.25, -0.2) is 0 Å². The fourth-order valence-electron chi connectivity index (χ4n) is 3.97. The fourth-order valence-corrected chi connectivity index (χ4v) is 5.80. The monoisotopic (exact) mass is 502 g/mol. The minimum absolute atomic E-state index is 0.00879. The normalized spacial score (nSPS) is 20.0. The van der Waals surface area contributed by atoms with Crippen LogP contribution in [0, 0.1) is 16.0 Å². The van der Waals surface area contributed by atoms with Gasteiger partial charge in [0, 0.05) is 42.8 Å². The average Bonchev–Trinajstić information content (AvgIpc) is 3.38. The number of esters is 1. The molecule has 0 spiro atoms. The summed E-state index contributed by atoms with van der Waals surface area (Å²) in [5, 5.41) is 14.9. The van der Waals surface area contributed by atoms with Crippen LogP contribution in [0.1, 0.15) is 37.5 Å². The molecule has 3 unspecified atom stereocenters. The maximum absolute atomic E-state index is 13.3. The summed E-state index contributed by atoms with van der Waals surface area (Å²) in [6.45, 7) is 3.40. The van der Waals surface area contributed by atoms with Crippen LogP contribution in [0.5, 0.6) is 0 Å². The molecule has 0 radical (unpaired) electrons. The van der Waals surface area contributed by atoms with Crippen molar-refractivity contribution in [2.24, 2.45) is 13.0 Å². The van der Waals surface area contributed by atoms with Crippen LogP contribution in [0.4, 0.5) is 5.69 Å². The fraction of sp³-hybridized carbons (Fsp3) is 0.364. The number of thioether (sulfide) groups is 1. The molecule has 2 aliphatic heterocycles. The van der Waals surface area contributed by atoms with Gasteiger partial charge in [-0.3, -0.25) is 29.3 Å². The third kappa shape index (κ3) is 4.42. The molecule has 10 nitrogen and oxygen atoms in total. The summed E-state index contributed by atoms with van der Waals surface area (Å²) >= 11 is 7.03. The average molecular weight is 503 g/mol. The number of aryl methyl sites for hydroxylation is 1. The maximum atomic E-state index is 13.3. The zero-order valence-electron chi connectivity index (χ0n) is 18.7. The summed E-state index contributed by atoms with van der Waals surface area (Å²) in [4.78, 5) is 37.9. The second-order valence-electron chi connectivity index (χ2n) is 7.84. The van der Waals surface area contributed by atoms with E-state index in [2.05, 4.69) is 5.10 Å². The number of ether oxygens (including phenoxy) is 2. The van der Waals surface area contributed by atoms with Gasteiger partial charge in [0.2, 0.25) is 11.0 Å². The standard InChI is InChI=1S/C22H22N4O6S2/c1-4-16-18(22(33)31-11-13-5-7-15(8-6-13)26(29)30)25-20(28)17(21(25)34-16)19(32-12(2)27)14-9-23-24(3)10-14/h5-10,17,19,21H,4,11H2,1-3H3. The molecule has 178 valence electrons. The second-order valence-corrected chi connectivity index (χ2v) is 9.43. The molecule has 1 aromatic heterocycles. The predicted octanol–water partition coefficient (Wildman–Crippen LogP) is 3.63. The van der Waals surface area contributed by atoms with Crippen molar-refractivity contribution in [3.63, 3.8) is 0 Å². The first-order chi connectivity index (χ1) is 16.2. The molecule has 34 heavy (non-hydrogen) atoms. The quantitative estimate of drug-likeness (QED) is 0.175. The number of benzene rings is 1. The maximum Gasteiger partial charge on any atom is 0.303 e. The van der Waals surface area contributed by atoms with Crippen LogP contribution in [-0.2, 0) is 32.7 Å². The van der Waals surface area contributed by atoms with Gasteiger partial charge in [-0.2, -0.15) is 5.10 Å². The van der Waals surface area contributed by atoms with Crippen molar-refractivity contribution in [2.75, 3.05) is 0 Å². The van der Waals surface area contributed by atoms with Crippen molar-refractivity contribution in [2.45, 2.75) is 38.4 Å². The highest BCUT2D eigenvalue weighted by Crippen LogP contribution is 2.54. The molecular weight excluding hydrogens is 480 g/mol. The number of carbonyl (C=O) groups is 2. The number of nitro groups is 1. The van der Waals surface area contributed by atoms with Gasteiger partial charge in [0.1, 0.15) is 29.7 Å². The molecule has 0 N–H and O–H groups in total. The van der Waals surface area contributed by atoms with Crippen LogP contribution in [0.2, 0.25) is 0 Å². The van der Waals surface area contributed by atoms with Crippen molar-refractivity contribution < 1.29 is 24.0 Å². The molecule has 4 rings (SSSR count). The summed E-state index contributed by atoms with van der Waals surface area (Å²) in [6, 6.07) is 6.00. The molecule has 0 bridgehead atoms. The SMILES string of the molecule is CCC1=C(C(=S)OCc2ccc([N+](=O)[O-])cc2)N2C(=O)C(C(OC(C)=O)c3cnn(C)c3)C2S1. The van der Waals surface area contributed by atoms with E-state index in [-0.39, 0.29) is 28.6 Å². The number of carbonyl (C=O) groups excluding carboxylic acids is 2. The Labute approximate surface area is 205 Å². The number of rotatable bonds is 8. The number of fused-ring (bicyclic) bond motifs is 1. The third-order valence-corrected chi connectivity index (χ3v) is 7.38. The van der Waals surface area contributed by atoms with E-state index < -0.39 is 22.9 Å². The summed E-state index contributed by atoms with van der Waals surface area (Å²) in [5.41, 5.74) is 1.92. The van der Waals surface area contributed by atoms with Crippen LogP contribution in [0.3, 0.4) is 0 Å². The third-order valence-electron chi connectivity index (χ3n) is 5.56. The van der Waals surface area contributed by atoms with Crippen molar-refractivity contribution >= 4 is 46.6 Å². The summed E-state index contributed by atoms with van der Waals surface area (Å²) in [5.74, 6) is -1.25. The second kappa shape index (κ2) is 9.55. The highest BCUT2D eigenvalue weighted by Gasteiger charge is 2.59. The van der Waals surface area contributed by atoms with Gasteiger partial charge in [-0.05, 0) is 36.3 Å². The van der Waals surface area contributed by atoms with Crippen LogP contribution < -0.4 is 0 Å². The number of thiocarbonyl (C=S) groups is 1. The van der Waals surface area contributed by atoms with Gasteiger partial charge in [-0.1, -0.05) is 6.92 Å². The number of nitrogens with zero attached hydrogens (tertiary/aromatic N) is 4. The molecule has 1 saturated heterocycles. The van der Waals surface area contributed by atoms with Crippen molar-refractivity contribution in [3.8, 4) is 0 Å². The zero-order chi connectivity index (χ0) is 24.6. The van der Waals surface area contributed by atoms with Gasteiger partial charge in [-0.15, -0.1) is 11.8 Å². The van der Waals surface area contributed by atoms with E-state index in [1.807, 2.05) is 6.92 Å². The first-order valence-electron chi connectivity index (χ1n) is 10.5. The molecule has 1 fully saturated rings. The van der Waals surface area contributed by atoms with Gasteiger partial charge < -0.3 is 9.47 Å². The largest absolute Gasteiger partial charge is 0.477 e. The highest BCUT2D eigenvalue weighted by molar-refractivity contribution is 8.04. The number of hydrogen-bond acceptors (Lipinski definition) is 9. The zero-order valence-corrected chi connectivity index (χ0v) is 20.3. The topological polar surface area (TPSA) is 117 Å². The van der Waals surface area contributed by atoms with Gasteiger partial charge in [0.05, 0.1) is 11.1 Å². The van der Waals surface area contributed by atoms with Gasteiger partial charge in [0.25, 0.3) is 5.69 Å². The molecule has 0 saturated carbocycles. The van der Waals surface area contributed by atoms with E-state index >= 15 is 0 Å². The number of non-ortho nitro benzene ring substituents is 1. The van der Waals surface area contributed by atoms with E-state index in [1.165, 1.54) is 30.8 Å². The highest BCUT2D eigenvalue weighted by atomic mass is 32.2. The number of nitro benzene ring substituents is 1. The molecule has 2 aliphatic rings. The summed E-state index contributed by atoms with van der Waals surface area (Å²) < 4.78 is 12.9. The summed E-state index contributed by atoms with van der Waals surface area (Å²) in [6.07, 6.45) is 3.23. The van der Waals surface area contributed by atoms with Crippen LogP contribution in [0.25, 0.3) is 0 Å². The summed E-state index contributed by atoms with van der Waals surface area (Å²) in [7, 11) is 1.75. The Morgan fingerprint density at radius 3 is 2.62 bits per heavy atom. The Kier molecular flexibility index (Phi) is 6.71. The van der Waals surface area contributed by atoms with Crippen molar-refractivity contribution in [1.29, 1.82) is 0 Å². The Hall–Kier alpha value is -3.25. The molecule has 2 aromatic rings. The number of allylic oxidation sites excluding steroid dienone is 1. The van der Waals surface area contributed by atoms with Crippen LogP contribution >= 0.6 is 24.0 Å². The number of hydrogen-bond donors (Lipinski definition) is 0. The molecule has 1 amide bonds. The Morgan fingerprint density at radius 2 is 2.06 bits per heavy atom. The molecule has 3 heterocycles. The van der Waals surface area contributed by atoms with E-state index in [1.54, 1.807) is 41.2 Å². The Balaban J connectivity index is 1.49. The first kappa shape index (κ1) is 23.9. The minimum Gasteiger partial charge on any atom is -0.477 e. The molecule has 1 aromatic carbocycles. The lowest BCUT2D eigenvalue weighted by molar-refractivity contribution is -0.384. The van der Waals surface area contributed by atoms with E-state index in [0.29, 0.717) is 23.2 Å². The van der Waals surface area contributed by atoms with Gasteiger partial charge in [0.15, 0.2) is 0 Å². The number of β-lactam (4-membered cyclic amide) rings is 1. The van der Waals surface area contributed by atoms with Crippen molar-refractivity contribution in [1.82, 2.24) is 14.7 Å². The molecule has 3 atom stereocenters. The number of amides is 1. The molecule has 12 heteroatoms. The minimum atomic E-state index is -0.750. The lowest BCUT2D eigenvalue weighted by Crippen LogP contribution is -2.59. The van der Waals surface area contributed by atoms with Crippen LogP contribution in [0.15, 0.2) is 47.3 Å². The number of aromatic nitrogens is 2. The smallest absolute Gasteiger partial charge is 0.303 e. The first-order valence-corrected chi connectivity index (χ1v) is 11.8. The van der Waals surface area contributed by atoms with E-state index in [9.17, 15) is 19.7 Å². The van der Waals surface area contributed by atoms with Crippen molar-refractivity contribution in [3.05, 3.63) is 68.5 Å².